The summed E-state index contributed by atoms with van der Waals surface area (Å²) in [4.78, 5) is 3.37. The Morgan fingerprint density at radius 3 is 2.86 bits per heavy atom. The van der Waals surface area contributed by atoms with Crippen LogP contribution in [-0.2, 0) is 14.8 Å². The van der Waals surface area contributed by atoms with Crippen molar-refractivity contribution in [2.45, 2.75) is 23.3 Å². The van der Waals surface area contributed by atoms with Gasteiger partial charge in [0.1, 0.15) is 10.7 Å². The number of nitrogens with zero attached hydrogens (tertiary/aromatic N) is 1. The third-order valence-electron chi connectivity index (χ3n) is 3.34. The Hall–Kier alpha value is -0.800. The first-order valence-corrected chi connectivity index (χ1v) is 7.80. The molecule has 1 aromatic rings. The second-order valence-corrected chi connectivity index (χ2v) is 6.67. The predicted octanol–water partition coefficient (Wildman–Crippen LogP) is 0.689. The standard InChI is InChI=1S/C12H18FN3O3S.ClH/c1-19-9-12(3-2-4-15-12)8-16-20(17,18)11-5-10(13)6-14-7-11;/h5-7,15-16H,2-4,8-9H2,1H3;1H. The Bertz CT molecular complexity index is 565. The fourth-order valence-corrected chi connectivity index (χ4v) is 3.43. The van der Waals surface area contributed by atoms with E-state index >= 15 is 0 Å². The molecule has 0 amide bonds. The van der Waals surface area contributed by atoms with Crippen LogP contribution in [0.4, 0.5) is 4.39 Å². The second kappa shape index (κ2) is 7.46. The third kappa shape index (κ3) is 4.58. The van der Waals surface area contributed by atoms with Gasteiger partial charge in [-0.15, -0.1) is 12.4 Å². The zero-order valence-corrected chi connectivity index (χ0v) is 13.3. The van der Waals surface area contributed by atoms with Gasteiger partial charge in [0, 0.05) is 19.9 Å². The van der Waals surface area contributed by atoms with Gasteiger partial charge in [0.25, 0.3) is 0 Å². The normalized spacial score (nSPS) is 22.0. The van der Waals surface area contributed by atoms with Crippen LogP contribution in [-0.4, -0.2) is 45.7 Å². The molecule has 1 unspecified atom stereocenters. The summed E-state index contributed by atoms with van der Waals surface area (Å²) in [6.07, 6.45) is 3.87. The first kappa shape index (κ1) is 18.2. The van der Waals surface area contributed by atoms with Gasteiger partial charge in [-0.1, -0.05) is 0 Å². The molecule has 6 nitrogen and oxygen atoms in total. The summed E-state index contributed by atoms with van der Waals surface area (Å²) >= 11 is 0. The highest BCUT2D eigenvalue weighted by Crippen LogP contribution is 2.20. The SMILES string of the molecule is COCC1(CNS(=O)(=O)c2cncc(F)c2)CCCN1.Cl. The van der Waals surface area contributed by atoms with Crippen LogP contribution in [0.25, 0.3) is 0 Å². The molecule has 0 spiro atoms. The van der Waals surface area contributed by atoms with E-state index in [1.807, 2.05) is 0 Å². The summed E-state index contributed by atoms with van der Waals surface area (Å²) in [7, 11) is -2.20. The number of aromatic nitrogens is 1. The topological polar surface area (TPSA) is 80.3 Å². The smallest absolute Gasteiger partial charge is 0.242 e. The molecule has 1 saturated heterocycles. The zero-order valence-electron chi connectivity index (χ0n) is 11.6. The van der Waals surface area contributed by atoms with Crippen LogP contribution in [0.1, 0.15) is 12.8 Å². The molecule has 0 aliphatic carbocycles. The van der Waals surface area contributed by atoms with Crippen LogP contribution in [0.3, 0.4) is 0 Å². The number of pyridine rings is 1. The highest BCUT2D eigenvalue weighted by atomic mass is 35.5. The summed E-state index contributed by atoms with van der Waals surface area (Å²) in [5, 5.41) is 3.26. The second-order valence-electron chi connectivity index (χ2n) is 4.91. The first-order chi connectivity index (χ1) is 9.47. The quantitative estimate of drug-likeness (QED) is 0.797. The number of methoxy groups -OCH3 is 1. The minimum absolute atomic E-state index is 0. The molecule has 0 saturated carbocycles. The van der Waals surface area contributed by atoms with Gasteiger partial charge in [0.05, 0.1) is 18.3 Å². The summed E-state index contributed by atoms with van der Waals surface area (Å²) in [5.41, 5.74) is -0.400. The molecule has 9 heteroatoms. The van der Waals surface area contributed by atoms with Crippen LogP contribution >= 0.6 is 12.4 Å². The largest absolute Gasteiger partial charge is 0.383 e. The number of rotatable bonds is 6. The molecular weight excluding hydrogens is 321 g/mol. The van der Waals surface area contributed by atoms with Gasteiger partial charge in [0.2, 0.25) is 10.0 Å². The van der Waals surface area contributed by atoms with Crippen LogP contribution in [0.2, 0.25) is 0 Å². The van der Waals surface area contributed by atoms with Gasteiger partial charge in [-0.2, -0.15) is 0 Å². The van der Waals surface area contributed by atoms with Gasteiger partial charge in [-0.05, 0) is 25.5 Å². The Labute approximate surface area is 129 Å². The summed E-state index contributed by atoms with van der Waals surface area (Å²) in [5.74, 6) is -0.682. The van der Waals surface area contributed by atoms with Gasteiger partial charge < -0.3 is 10.1 Å². The Morgan fingerprint density at radius 1 is 1.52 bits per heavy atom. The summed E-state index contributed by atoms with van der Waals surface area (Å²) < 4.78 is 44.9. The minimum atomic E-state index is -3.77. The van der Waals surface area contributed by atoms with Crippen molar-refractivity contribution in [1.82, 2.24) is 15.0 Å². The van der Waals surface area contributed by atoms with Crippen molar-refractivity contribution in [1.29, 1.82) is 0 Å². The number of sulfonamides is 1. The maximum absolute atomic E-state index is 13.0. The van der Waals surface area contributed by atoms with Crippen LogP contribution in [0.15, 0.2) is 23.4 Å². The van der Waals surface area contributed by atoms with Crippen molar-refractivity contribution >= 4 is 22.4 Å². The molecule has 0 radical (unpaired) electrons. The Kier molecular flexibility index (Phi) is 6.48. The molecule has 1 aliphatic rings. The van der Waals surface area contributed by atoms with Crippen molar-refractivity contribution < 1.29 is 17.5 Å². The maximum atomic E-state index is 13.0. The summed E-state index contributed by atoms with van der Waals surface area (Å²) in [6, 6.07) is 0.945. The van der Waals surface area contributed by atoms with E-state index < -0.39 is 21.4 Å². The number of nitrogens with one attached hydrogen (secondary N) is 2. The lowest BCUT2D eigenvalue weighted by Crippen LogP contribution is -2.52. The fraction of sp³-hybridized carbons (Fsp3) is 0.583. The lowest BCUT2D eigenvalue weighted by atomic mass is 9.99. The highest BCUT2D eigenvalue weighted by Gasteiger charge is 2.34. The van der Waals surface area contributed by atoms with E-state index in [0.717, 1.165) is 37.8 Å². The molecule has 21 heavy (non-hydrogen) atoms. The van der Waals surface area contributed by atoms with Crippen molar-refractivity contribution in [3.05, 3.63) is 24.3 Å². The third-order valence-corrected chi connectivity index (χ3v) is 4.71. The average molecular weight is 340 g/mol. The van der Waals surface area contributed by atoms with Crippen LogP contribution < -0.4 is 10.0 Å². The highest BCUT2D eigenvalue weighted by molar-refractivity contribution is 7.89. The maximum Gasteiger partial charge on any atom is 0.242 e. The van der Waals surface area contributed by atoms with Gasteiger partial charge >= 0.3 is 0 Å². The lowest BCUT2D eigenvalue weighted by Gasteiger charge is -2.28. The molecule has 2 rings (SSSR count). The van der Waals surface area contributed by atoms with E-state index in [4.69, 9.17) is 4.74 Å². The molecule has 120 valence electrons. The molecule has 0 bridgehead atoms. The molecule has 2 N–H and O–H groups in total. The zero-order chi connectivity index (χ0) is 14.6. The van der Waals surface area contributed by atoms with E-state index in [1.54, 1.807) is 7.11 Å². The molecule has 1 fully saturated rings. The fourth-order valence-electron chi connectivity index (χ4n) is 2.33. The molecule has 1 aliphatic heterocycles. The monoisotopic (exact) mass is 339 g/mol. The van der Waals surface area contributed by atoms with Crippen molar-refractivity contribution in [2.24, 2.45) is 0 Å². The van der Waals surface area contributed by atoms with E-state index in [1.165, 1.54) is 0 Å². The van der Waals surface area contributed by atoms with Crippen molar-refractivity contribution in [2.75, 3.05) is 26.8 Å². The van der Waals surface area contributed by atoms with Gasteiger partial charge in [0.15, 0.2) is 0 Å². The van der Waals surface area contributed by atoms with E-state index in [-0.39, 0.29) is 23.8 Å². The molecule has 2 heterocycles. The number of hydrogen-bond donors (Lipinski definition) is 2. The molecule has 1 aromatic heterocycles. The number of halogens is 2. The van der Waals surface area contributed by atoms with Crippen LogP contribution in [0.5, 0.6) is 0 Å². The molecule has 1 atom stereocenters. The van der Waals surface area contributed by atoms with Crippen molar-refractivity contribution in [3.8, 4) is 0 Å². The number of ether oxygens (including phenoxy) is 1. The Balaban J connectivity index is 0.00000220. The Morgan fingerprint density at radius 2 is 2.29 bits per heavy atom. The van der Waals surface area contributed by atoms with E-state index in [2.05, 4.69) is 15.0 Å². The number of hydrogen-bond acceptors (Lipinski definition) is 5. The first-order valence-electron chi connectivity index (χ1n) is 6.32. The van der Waals surface area contributed by atoms with Crippen LogP contribution in [0, 0.1) is 5.82 Å². The molecule has 0 aromatic carbocycles. The lowest BCUT2D eigenvalue weighted by molar-refractivity contribution is 0.122. The van der Waals surface area contributed by atoms with E-state index in [0.29, 0.717) is 6.61 Å². The predicted molar refractivity (Wildman–Crippen MR) is 78.5 cm³/mol. The summed E-state index contributed by atoms with van der Waals surface area (Å²) in [6.45, 7) is 1.43. The molecular formula is C12H19ClFN3O3S. The van der Waals surface area contributed by atoms with E-state index in [9.17, 15) is 12.8 Å². The van der Waals surface area contributed by atoms with Gasteiger partial charge in [-0.3, -0.25) is 4.98 Å². The minimum Gasteiger partial charge on any atom is -0.383 e. The van der Waals surface area contributed by atoms with Crippen molar-refractivity contribution in [3.63, 3.8) is 0 Å². The van der Waals surface area contributed by atoms with Gasteiger partial charge in [-0.25, -0.2) is 17.5 Å². The average Bonchev–Trinajstić information content (AvgIpc) is 2.86.